The molecule has 1 aliphatic carbocycles. The highest BCUT2D eigenvalue weighted by molar-refractivity contribution is 6.11. The number of carbonyl (C=O) groups is 2. The summed E-state index contributed by atoms with van der Waals surface area (Å²) in [4.78, 5) is 32.5. The van der Waals surface area contributed by atoms with E-state index in [0.717, 1.165) is 49.9 Å². The van der Waals surface area contributed by atoms with Crippen LogP contribution in [0.3, 0.4) is 0 Å². The largest absolute Gasteiger partial charge is 0.362 e. The lowest BCUT2D eigenvalue weighted by Gasteiger charge is -2.37. The van der Waals surface area contributed by atoms with Crippen LogP contribution in [-0.2, 0) is 16.6 Å². The number of anilines is 1. The third-order valence-electron chi connectivity index (χ3n) is 8.77. The zero-order valence-electron chi connectivity index (χ0n) is 23.9. The highest BCUT2D eigenvalue weighted by atomic mass is 16.2. The summed E-state index contributed by atoms with van der Waals surface area (Å²) in [5.41, 5.74) is 8.24. The number of rotatable bonds is 4. The number of fused-ring (bicyclic) bond motifs is 3. The number of pyridine rings is 1. The number of hydrogen-bond donors (Lipinski definition) is 2. The average molecular weight is 553 g/mol. The number of benzene rings is 3. The van der Waals surface area contributed by atoms with E-state index in [2.05, 4.69) is 69.7 Å². The molecule has 6 nitrogen and oxygen atoms in total. The number of ketones is 1. The second-order valence-corrected chi connectivity index (χ2v) is 11.5. The number of dihydropyridines is 1. The topological polar surface area (TPSA) is 76.0 Å². The van der Waals surface area contributed by atoms with Crippen LogP contribution in [0, 0.1) is 6.92 Å². The standard InChI is InChI=1S/C36H32N4O2/c1-21-15-16-37-32(17-21)39-36(42)33-22(2)38-28-19-25(23-9-5-4-6-10-23)20-31(41)35(28)34(33)24-13-14-30-27(18-24)26-11-7-8-12-29(26)40(30)3/h4-18,25,34,38H,19-20H2,1-3H3,(H,37,39,42)/t25-,34-/m0/s1. The summed E-state index contributed by atoms with van der Waals surface area (Å²) in [6.45, 7) is 3.90. The van der Waals surface area contributed by atoms with E-state index in [1.165, 1.54) is 0 Å². The highest BCUT2D eigenvalue weighted by Crippen LogP contribution is 2.46. The first-order chi connectivity index (χ1) is 20.4. The molecular weight excluding hydrogens is 520 g/mol. The van der Waals surface area contributed by atoms with E-state index in [4.69, 9.17) is 0 Å². The Hall–Kier alpha value is -4.97. The first kappa shape index (κ1) is 26.0. The van der Waals surface area contributed by atoms with Gasteiger partial charge in [0.15, 0.2) is 5.78 Å². The van der Waals surface area contributed by atoms with Crippen LogP contribution in [0.25, 0.3) is 21.8 Å². The van der Waals surface area contributed by atoms with E-state index >= 15 is 0 Å². The normalized spacial score (nSPS) is 18.8. The molecule has 1 amide bonds. The van der Waals surface area contributed by atoms with Crippen molar-refractivity contribution >= 4 is 39.3 Å². The maximum absolute atomic E-state index is 14.1. The maximum Gasteiger partial charge on any atom is 0.255 e. The summed E-state index contributed by atoms with van der Waals surface area (Å²) in [7, 11) is 2.07. The number of hydrogen-bond acceptors (Lipinski definition) is 4. The maximum atomic E-state index is 14.1. The molecule has 0 fully saturated rings. The molecule has 2 N–H and O–H groups in total. The number of nitrogens with one attached hydrogen (secondary N) is 2. The van der Waals surface area contributed by atoms with Gasteiger partial charge >= 0.3 is 0 Å². The molecule has 0 radical (unpaired) electrons. The first-order valence-electron chi connectivity index (χ1n) is 14.4. The van der Waals surface area contributed by atoms with Gasteiger partial charge in [0.2, 0.25) is 0 Å². The van der Waals surface area contributed by atoms with Gasteiger partial charge in [0.1, 0.15) is 5.82 Å². The van der Waals surface area contributed by atoms with Gasteiger partial charge in [-0.2, -0.15) is 0 Å². The Morgan fingerprint density at radius 2 is 1.64 bits per heavy atom. The number of amides is 1. The molecule has 0 spiro atoms. The van der Waals surface area contributed by atoms with Gasteiger partial charge in [-0.1, -0.05) is 54.6 Å². The van der Waals surface area contributed by atoms with Gasteiger partial charge in [-0.15, -0.1) is 0 Å². The lowest BCUT2D eigenvalue weighted by Crippen LogP contribution is -2.37. The van der Waals surface area contributed by atoms with Crippen molar-refractivity contribution in [2.75, 3.05) is 5.32 Å². The van der Waals surface area contributed by atoms with Crippen molar-refractivity contribution in [3.8, 4) is 0 Å². The molecule has 208 valence electrons. The number of allylic oxidation sites excluding steroid dienone is 3. The summed E-state index contributed by atoms with van der Waals surface area (Å²) < 4.78 is 2.19. The Balaban J connectivity index is 1.38. The SMILES string of the molecule is CC1=C(C(=O)Nc2cc(C)ccn2)[C@H](c2ccc3c(c2)c2ccccc2n3C)C2=C(C[C@H](c3ccccc3)CC2=O)N1. The summed E-state index contributed by atoms with van der Waals surface area (Å²) in [6.07, 6.45) is 2.81. The molecule has 1 aliphatic heterocycles. The fraction of sp³-hybridized carbons (Fsp3) is 0.194. The molecule has 3 heterocycles. The molecule has 2 aromatic heterocycles. The van der Waals surface area contributed by atoms with E-state index in [1.54, 1.807) is 6.20 Å². The Labute approximate surface area is 244 Å². The summed E-state index contributed by atoms with van der Waals surface area (Å²) in [5, 5.41) is 8.77. The van der Waals surface area contributed by atoms with Gasteiger partial charge < -0.3 is 15.2 Å². The summed E-state index contributed by atoms with van der Waals surface area (Å²) >= 11 is 0. The number of para-hydroxylation sites is 1. The number of aromatic nitrogens is 2. The molecule has 2 aliphatic rings. The van der Waals surface area contributed by atoms with Crippen LogP contribution in [0.5, 0.6) is 0 Å². The lowest BCUT2D eigenvalue weighted by molar-refractivity contribution is -0.116. The monoisotopic (exact) mass is 552 g/mol. The van der Waals surface area contributed by atoms with Crippen molar-refractivity contribution in [1.82, 2.24) is 14.9 Å². The second-order valence-electron chi connectivity index (χ2n) is 11.5. The van der Waals surface area contributed by atoms with Crippen LogP contribution in [-0.4, -0.2) is 21.2 Å². The molecule has 0 unspecified atom stereocenters. The molecule has 6 heteroatoms. The molecular formula is C36H32N4O2. The van der Waals surface area contributed by atoms with E-state index in [0.29, 0.717) is 29.8 Å². The fourth-order valence-corrected chi connectivity index (χ4v) is 6.79. The molecule has 42 heavy (non-hydrogen) atoms. The van der Waals surface area contributed by atoms with Gasteiger partial charge in [0.25, 0.3) is 5.91 Å². The van der Waals surface area contributed by atoms with Gasteiger partial charge in [-0.3, -0.25) is 9.59 Å². The van der Waals surface area contributed by atoms with E-state index in [-0.39, 0.29) is 17.6 Å². The smallest absolute Gasteiger partial charge is 0.255 e. The molecule has 5 aromatic rings. The Morgan fingerprint density at radius 1 is 0.881 bits per heavy atom. The van der Waals surface area contributed by atoms with Crippen molar-refractivity contribution < 1.29 is 9.59 Å². The van der Waals surface area contributed by atoms with Crippen molar-refractivity contribution in [2.24, 2.45) is 7.05 Å². The average Bonchev–Trinajstić information content (AvgIpc) is 3.28. The minimum atomic E-state index is -0.501. The molecule has 0 saturated heterocycles. The van der Waals surface area contributed by atoms with Gasteiger partial charge in [-0.25, -0.2) is 4.98 Å². The quantitative estimate of drug-likeness (QED) is 0.251. The third-order valence-corrected chi connectivity index (χ3v) is 8.77. The predicted octanol–water partition coefficient (Wildman–Crippen LogP) is 7.04. The molecule has 3 aromatic carbocycles. The number of carbonyl (C=O) groups excluding carboxylic acids is 2. The summed E-state index contributed by atoms with van der Waals surface area (Å²) in [6, 6.07) is 28.7. The number of nitrogens with zero attached hydrogens (tertiary/aromatic N) is 2. The van der Waals surface area contributed by atoms with Crippen molar-refractivity contribution in [1.29, 1.82) is 0 Å². The highest BCUT2D eigenvalue weighted by Gasteiger charge is 2.41. The van der Waals surface area contributed by atoms with E-state index in [9.17, 15) is 9.59 Å². The molecule has 0 bridgehead atoms. The lowest BCUT2D eigenvalue weighted by atomic mass is 9.71. The van der Waals surface area contributed by atoms with Gasteiger partial charge in [-0.05, 0) is 73.2 Å². The number of aryl methyl sites for hydroxylation is 2. The Kier molecular flexibility index (Phi) is 6.27. The predicted molar refractivity (Wildman–Crippen MR) is 167 cm³/mol. The molecule has 0 saturated carbocycles. The summed E-state index contributed by atoms with van der Waals surface area (Å²) in [5.74, 6) is -0.107. The fourth-order valence-electron chi connectivity index (χ4n) is 6.79. The van der Waals surface area contributed by atoms with Crippen molar-refractivity contribution in [3.05, 3.63) is 130 Å². The zero-order chi connectivity index (χ0) is 29.0. The van der Waals surface area contributed by atoms with Gasteiger partial charge in [0, 0.05) is 69.9 Å². The van der Waals surface area contributed by atoms with Gasteiger partial charge in [0.05, 0.1) is 0 Å². The van der Waals surface area contributed by atoms with E-state index < -0.39 is 5.92 Å². The minimum Gasteiger partial charge on any atom is -0.362 e. The third kappa shape index (κ3) is 4.31. The van der Waals surface area contributed by atoms with Crippen LogP contribution in [0.4, 0.5) is 5.82 Å². The zero-order valence-corrected chi connectivity index (χ0v) is 23.9. The van der Waals surface area contributed by atoms with Crippen LogP contribution in [0.2, 0.25) is 0 Å². The van der Waals surface area contributed by atoms with Crippen molar-refractivity contribution in [3.63, 3.8) is 0 Å². The second kappa shape index (κ2) is 10.1. The Bertz CT molecular complexity index is 1960. The van der Waals surface area contributed by atoms with Crippen molar-refractivity contribution in [2.45, 2.75) is 38.5 Å². The molecule has 2 atom stereocenters. The Morgan fingerprint density at radius 3 is 2.45 bits per heavy atom. The van der Waals surface area contributed by atoms with Crippen LogP contribution in [0.1, 0.15) is 48.3 Å². The minimum absolute atomic E-state index is 0.0760. The van der Waals surface area contributed by atoms with E-state index in [1.807, 2.05) is 56.3 Å². The number of Topliss-reactive ketones (excluding diaryl/α,β-unsaturated/α-hetero) is 1. The van der Waals surface area contributed by atoms with Crippen LogP contribution in [0.15, 0.2) is 114 Å². The first-order valence-corrected chi connectivity index (χ1v) is 14.4. The van der Waals surface area contributed by atoms with Crippen LogP contribution < -0.4 is 10.6 Å². The molecule has 7 rings (SSSR count). The van der Waals surface area contributed by atoms with Crippen LogP contribution >= 0.6 is 0 Å².